The molecule has 3 N–H and O–H groups in total. The van der Waals surface area contributed by atoms with Crippen LogP contribution >= 0.6 is 7.82 Å². The first kappa shape index (κ1) is 45.0. The number of ether oxygens (including phenoxy) is 2. The lowest BCUT2D eigenvalue weighted by atomic mass is 10.1. The van der Waals surface area contributed by atoms with Gasteiger partial charge in [0.15, 0.2) is 6.10 Å². The summed E-state index contributed by atoms with van der Waals surface area (Å²) < 4.78 is 32.5. The van der Waals surface area contributed by atoms with Gasteiger partial charge in [-0.3, -0.25) is 18.6 Å². The first-order valence-corrected chi connectivity index (χ1v) is 19.6. The molecule has 0 aliphatic carbocycles. The Kier molecular flexibility index (Phi) is 32.4. The molecule has 0 bridgehead atoms. The second-order valence-corrected chi connectivity index (χ2v) is 13.2. The standard InChI is InChI=1S/C37H66NO8P/c1-3-5-7-9-11-13-15-16-17-18-20-21-23-25-27-29-36(39)43-33-35(34-45-47(41,42)44-32-31-38)46-37(40)30-28-26-24-22-19-14-12-10-8-6-4-2/h5,7,10-13,16-17,35H,3-4,6,8-9,14-15,18-34,38H2,1-2H3,(H,41,42). The van der Waals surface area contributed by atoms with E-state index in [1.807, 2.05) is 0 Å². The fourth-order valence-electron chi connectivity index (χ4n) is 4.51. The summed E-state index contributed by atoms with van der Waals surface area (Å²) in [6, 6.07) is 0. The Morgan fingerprint density at radius 2 is 1.17 bits per heavy atom. The molecule has 0 radical (unpaired) electrons. The minimum atomic E-state index is -4.37. The number of allylic oxidation sites excluding steroid dienone is 8. The number of hydrogen-bond donors (Lipinski definition) is 2. The monoisotopic (exact) mass is 683 g/mol. The van der Waals surface area contributed by atoms with Gasteiger partial charge in [-0.2, -0.15) is 0 Å². The molecule has 10 heteroatoms. The molecule has 2 atom stereocenters. The SMILES string of the molecule is CCC=CCC=CCC=CCCCCCCCC(=O)OCC(COP(=O)(O)OCCN)OC(=O)CCCCCCCC=CCCCC. The highest BCUT2D eigenvalue weighted by atomic mass is 31.2. The van der Waals surface area contributed by atoms with Crippen molar-refractivity contribution in [1.29, 1.82) is 0 Å². The quantitative estimate of drug-likeness (QED) is 0.0300. The molecule has 272 valence electrons. The third-order valence-electron chi connectivity index (χ3n) is 7.20. The summed E-state index contributed by atoms with van der Waals surface area (Å²) in [5.74, 6) is -0.866. The Labute approximate surface area is 286 Å². The second kappa shape index (κ2) is 33.9. The van der Waals surface area contributed by atoms with Crippen molar-refractivity contribution >= 4 is 19.8 Å². The van der Waals surface area contributed by atoms with Crippen LogP contribution in [0.2, 0.25) is 0 Å². The van der Waals surface area contributed by atoms with E-state index in [2.05, 4.69) is 62.5 Å². The molecule has 0 saturated heterocycles. The van der Waals surface area contributed by atoms with Gasteiger partial charge in [-0.05, 0) is 64.2 Å². The first-order chi connectivity index (χ1) is 22.8. The van der Waals surface area contributed by atoms with Crippen LogP contribution in [0.1, 0.15) is 142 Å². The van der Waals surface area contributed by atoms with E-state index in [4.69, 9.17) is 24.3 Å². The Morgan fingerprint density at radius 3 is 1.77 bits per heavy atom. The number of carbonyl (C=O) groups is 2. The average molecular weight is 684 g/mol. The summed E-state index contributed by atoms with van der Waals surface area (Å²) >= 11 is 0. The van der Waals surface area contributed by atoms with Crippen molar-refractivity contribution in [3.63, 3.8) is 0 Å². The zero-order chi connectivity index (χ0) is 34.7. The van der Waals surface area contributed by atoms with E-state index in [1.165, 1.54) is 12.8 Å². The fraction of sp³-hybridized carbons (Fsp3) is 0.730. The van der Waals surface area contributed by atoms with Crippen molar-refractivity contribution in [2.24, 2.45) is 5.73 Å². The highest BCUT2D eigenvalue weighted by Crippen LogP contribution is 2.43. The summed E-state index contributed by atoms with van der Waals surface area (Å²) in [5, 5.41) is 0. The molecule has 0 spiro atoms. The topological polar surface area (TPSA) is 134 Å². The van der Waals surface area contributed by atoms with Crippen LogP contribution in [-0.2, 0) is 32.7 Å². The summed E-state index contributed by atoms with van der Waals surface area (Å²) in [5.41, 5.74) is 5.32. The van der Waals surface area contributed by atoms with Crippen LogP contribution in [0.15, 0.2) is 48.6 Å². The number of esters is 2. The van der Waals surface area contributed by atoms with Crippen molar-refractivity contribution < 1.29 is 37.6 Å². The molecule has 0 aliphatic rings. The maximum absolute atomic E-state index is 12.5. The van der Waals surface area contributed by atoms with E-state index in [1.54, 1.807) is 0 Å². The van der Waals surface area contributed by atoms with Gasteiger partial charge < -0.3 is 20.1 Å². The maximum Gasteiger partial charge on any atom is 0.472 e. The van der Waals surface area contributed by atoms with Gasteiger partial charge >= 0.3 is 19.8 Å². The Balaban J connectivity index is 4.28. The van der Waals surface area contributed by atoms with Crippen molar-refractivity contribution in [1.82, 2.24) is 0 Å². The number of nitrogens with two attached hydrogens (primary N) is 1. The minimum absolute atomic E-state index is 0.0477. The van der Waals surface area contributed by atoms with Gasteiger partial charge in [-0.1, -0.05) is 114 Å². The fourth-order valence-corrected chi connectivity index (χ4v) is 5.27. The predicted octanol–water partition coefficient (Wildman–Crippen LogP) is 9.60. The third kappa shape index (κ3) is 33.7. The number of hydrogen-bond acceptors (Lipinski definition) is 8. The Morgan fingerprint density at radius 1 is 0.660 bits per heavy atom. The van der Waals surface area contributed by atoms with Gasteiger partial charge in [0.25, 0.3) is 0 Å². The lowest BCUT2D eigenvalue weighted by molar-refractivity contribution is -0.161. The maximum atomic E-state index is 12.5. The van der Waals surface area contributed by atoms with Gasteiger partial charge in [0.1, 0.15) is 6.61 Å². The molecule has 0 aromatic carbocycles. The molecule has 9 nitrogen and oxygen atoms in total. The van der Waals surface area contributed by atoms with Crippen molar-refractivity contribution in [2.75, 3.05) is 26.4 Å². The minimum Gasteiger partial charge on any atom is -0.462 e. The van der Waals surface area contributed by atoms with E-state index in [0.717, 1.165) is 89.9 Å². The highest BCUT2D eigenvalue weighted by Gasteiger charge is 2.25. The van der Waals surface area contributed by atoms with E-state index in [0.29, 0.717) is 12.8 Å². The van der Waals surface area contributed by atoms with Crippen molar-refractivity contribution in [3.05, 3.63) is 48.6 Å². The molecular formula is C37H66NO8P. The number of carbonyl (C=O) groups excluding carboxylic acids is 2. The van der Waals surface area contributed by atoms with Crippen LogP contribution in [0.5, 0.6) is 0 Å². The van der Waals surface area contributed by atoms with Gasteiger partial charge in [0, 0.05) is 19.4 Å². The Hall–Kier alpha value is -2.03. The van der Waals surface area contributed by atoms with Crippen LogP contribution in [0.4, 0.5) is 0 Å². The normalized spacial score (nSPS) is 14.0. The molecule has 0 amide bonds. The smallest absolute Gasteiger partial charge is 0.462 e. The van der Waals surface area contributed by atoms with E-state index >= 15 is 0 Å². The summed E-state index contributed by atoms with van der Waals surface area (Å²) in [7, 11) is -4.37. The lowest BCUT2D eigenvalue weighted by Crippen LogP contribution is -2.29. The van der Waals surface area contributed by atoms with Gasteiger partial charge in [0.2, 0.25) is 0 Å². The third-order valence-corrected chi connectivity index (χ3v) is 8.18. The van der Waals surface area contributed by atoms with Gasteiger partial charge in [0.05, 0.1) is 13.2 Å². The molecule has 0 saturated carbocycles. The van der Waals surface area contributed by atoms with Crippen LogP contribution in [0.3, 0.4) is 0 Å². The number of rotatable bonds is 33. The largest absolute Gasteiger partial charge is 0.472 e. The summed E-state index contributed by atoms with van der Waals surface area (Å²) in [4.78, 5) is 34.6. The molecule has 0 aliphatic heterocycles. The molecule has 0 aromatic heterocycles. The summed E-state index contributed by atoms with van der Waals surface area (Å²) in [6.45, 7) is 3.52. The first-order valence-electron chi connectivity index (χ1n) is 18.1. The van der Waals surface area contributed by atoms with Crippen LogP contribution in [0.25, 0.3) is 0 Å². The summed E-state index contributed by atoms with van der Waals surface area (Å²) in [6.07, 6.45) is 35.7. The molecule has 0 fully saturated rings. The zero-order valence-electron chi connectivity index (χ0n) is 29.5. The molecule has 0 heterocycles. The predicted molar refractivity (Wildman–Crippen MR) is 192 cm³/mol. The number of phosphoric acid groups is 1. The van der Waals surface area contributed by atoms with Crippen LogP contribution in [0, 0.1) is 0 Å². The average Bonchev–Trinajstić information content (AvgIpc) is 3.05. The number of phosphoric ester groups is 1. The zero-order valence-corrected chi connectivity index (χ0v) is 30.4. The lowest BCUT2D eigenvalue weighted by Gasteiger charge is -2.19. The highest BCUT2D eigenvalue weighted by molar-refractivity contribution is 7.47. The second-order valence-electron chi connectivity index (χ2n) is 11.7. The Bertz CT molecular complexity index is 918. The number of unbranched alkanes of at least 4 members (excludes halogenated alkanes) is 12. The van der Waals surface area contributed by atoms with E-state index < -0.39 is 32.5 Å². The molecular weight excluding hydrogens is 617 g/mol. The molecule has 2 unspecified atom stereocenters. The molecule has 0 rings (SSSR count). The van der Waals surface area contributed by atoms with Gasteiger partial charge in [-0.15, -0.1) is 0 Å². The van der Waals surface area contributed by atoms with E-state index in [-0.39, 0.29) is 32.6 Å². The molecule has 47 heavy (non-hydrogen) atoms. The van der Waals surface area contributed by atoms with Crippen molar-refractivity contribution in [2.45, 2.75) is 148 Å². The van der Waals surface area contributed by atoms with E-state index in [9.17, 15) is 19.0 Å². The van der Waals surface area contributed by atoms with Crippen molar-refractivity contribution in [3.8, 4) is 0 Å². The van der Waals surface area contributed by atoms with Gasteiger partial charge in [-0.25, -0.2) is 4.57 Å². The molecule has 0 aromatic rings. The van der Waals surface area contributed by atoms with Crippen LogP contribution in [-0.4, -0.2) is 49.3 Å². The van der Waals surface area contributed by atoms with Crippen LogP contribution < -0.4 is 5.73 Å².